The average Bonchev–Trinajstić information content (AvgIpc) is 2.87. The van der Waals surface area contributed by atoms with Gasteiger partial charge in [-0.1, -0.05) is 13.8 Å². The molecule has 2 unspecified atom stereocenters. The van der Waals surface area contributed by atoms with E-state index in [1.54, 1.807) is 0 Å². The van der Waals surface area contributed by atoms with Crippen LogP contribution in [-0.2, 0) is 11.2 Å². The number of carbonyl (C=O) groups excluding carboxylic acids is 1. The number of hydrogen-bond donors (Lipinski definition) is 2. The maximum absolute atomic E-state index is 11.9. The summed E-state index contributed by atoms with van der Waals surface area (Å²) in [6.45, 7) is 4.89. The minimum atomic E-state index is -0.549. The number of nitrogens with zero attached hydrogens (tertiary/aromatic N) is 2. The maximum atomic E-state index is 11.9. The molecule has 0 spiro atoms. The second-order valence-corrected chi connectivity index (χ2v) is 5.33. The van der Waals surface area contributed by atoms with Crippen molar-refractivity contribution in [1.29, 1.82) is 0 Å². The van der Waals surface area contributed by atoms with E-state index in [0.29, 0.717) is 6.04 Å². The number of primary amides is 1. The minimum absolute atomic E-state index is 0.225. The molecule has 1 aromatic rings. The van der Waals surface area contributed by atoms with Crippen molar-refractivity contribution >= 4 is 5.91 Å². The minimum Gasteiger partial charge on any atom is -0.368 e. The summed E-state index contributed by atoms with van der Waals surface area (Å²) in [5.41, 5.74) is 5.10. The van der Waals surface area contributed by atoms with Crippen LogP contribution < -0.4 is 11.1 Å². The van der Waals surface area contributed by atoms with Gasteiger partial charge in [0.15, 0.2) is 0 Å². The smallest absolute Gasteiger partial charge is 0.237 e. The Hall–Kier alpha value is -1.36. The van der Waals surface area contributed by atoms with Crippen molar-refractivity contribution in [2.45, 2.75) is 57.5 Å². The van der Waals surface area contributed by atoms with Crippen LogP contribution >= 0.6 is 0 Å². The fourth-order valence-electron chi connectivity index (χ4n) is 3.24. The highest BCUT2D eigenvalue weighted by atomic mass is 16.1. The van der Waals surface area contributed by atoms with Crippen LogP contribution in [0.3, 0.4) is 0 Å². The Kier molecular flexibility index (Phi) is 4.24. The van der Waals surface area contributed by atoms with Crippen LogP contribution in [0.2, 0.25) is 0 Å². The van der Waals surface area contributed by atoms with E-state index in [4.69, 9.17) is 5.73 Å². The predicted octanol–water partition coefficient (Wildman–Crippen LogP) is 1.39. The zero-order chi connectivity index (χ0) is 13.9. The third-order valence-electron chi connectivity index (χ3n) is 4.17. The molecule has 1 aliphatic rings. The van der Waals surface area contributed by atoms with E-state index in [9.17, 15) is 4.79 Å². The first-order valence-electron chi connectivity index (χ1n) is 7.19. The monoisotopic (exact) mass is 264 g/mol. The van der Waals surface area contributed by atoms with Crippen molar-refractivity contribution in [3.05, 3.63) is 18.2 Å². The van der Waals surface area contributed by atoms with Crippen LogP contribution in [0, 0.1) is 0 Å². The average molecular weight is 264 g/mol. The van der Waals surface area contributed by atoms with Crippen molar-refractivity contribution in [2.24, 2.45) is 5.73 Å². The largest absolute Gasteiger partial charge is 0.368 e. The van der Waals surface area contributed by atoms with Gasteiger partial charge in [-0.3, -0.25) is 4.79 Å². The second-order valence-electron chi connectivity index (χ2n) is 5.33. The van der Waals surface area contributed by atoms with Gasteiger partial charge in [-0.05, 0) is 32.2 Å². The second kappa shape index (κ2) is 5.74. The van der Waals surface area contributed by atoms with E-state index in [0.717, 1.165) is 44.5 Å². The van der Waals surface area contributed by atoms with Crippen molar-refractivity contribution in [1.82, 2.24) is 14.9 Å². The van der Waals surface area contributed by atoms with Crippen molar-refractivity contribution in [3.8, 4) is 0 Å². The lowest BCUT2D eigenvalue weighted by Gasteiger charge is -2.40. The number of aromatic nitrogens is 2. The summed E-state index contributed by atoms with van der Waals surface area (Å²) in [7, 11) is 0. The van der Waals surface area contributed by atoms with Crippen LogP contribution in [0.4, 0.5) is 0 Å². The number of carbonyl (C=O) groups is 1. The number of amides is 1. The third-order valence-corrected chi connectivity index (χ3v) is 4.17. The molecule has 0 aromatic carbocycles. The quantitative estimate of drug-likeness (QED) is 0.844. The van der Waals surface area contributed by atoms with E-state index < -0.39 is 5.54 Å². The number of nitrogens with two attached hydrogens (primary N) is 1. The first-order chi connectivity index (χ1) is 9.13. The summed E-state index contributed by atoms with van der Waals surface area (Å²) < 4.78 is 2.22. The normalized spacial score (nSPS) is 27.4. The Morgan fingerprint density at radius 2 is 2.42 bits per heavy atom. The molecule has 0 radical (unpaired) electrons. The molecule has 1 aromatic heterocycles. The van der Waals surface area contributed by atoms with E-state index in [1.165, 1.54) is 0 Å². The Labute approximate surface area is 114 Å². The van der Waals surface area contributed by atoms with Gasteiger partial charge in [0.05, 0.1) is 5.54 Å². The van der Waals surface area contributed by atoms with E-state index in [-0.39, 0.29) is 5.91 Å². The van der Waals surface area contributed by atoms with Gasteiger partial charge in [-0.15, -0.1) is 0 Å². The fourth-order valence-corrected chi connectivity index (χ4v) is 3.24. The van der Waals surface area contributed by atoms with Crippen LogP contribution in [0.25, 0.3) is 0 Å². The number of likely N-dealkylation sites (N-methyl/N-ethyl adjacent to an activating group) is 1. The number of rotatable bonds is 5. The molecule has 1 heterocycles. The standard InChI is InChI=1S/C14H24N4O/c1-3-12-16-8-9-18(12)11-6-5-7-14(10-11,13(15)19)17-4-2/h8-9,11,17H,3-7,10H2,1-2H3,(H2,15,19). The molecule has 1 saturated carbocycles. The molecule has 3 N–H and O–H groups in total. The Morgan fingerprint density at radius 1 is 1.63 bits per heavy atom. The molecule has 19 heavy (non-hydrogen) atoms. The Morgan fingerprint density at radius 3 is 3.05 bits per heavy atom. The SMILES string of the molecule is CCNC1(C(N)=O)CCCC(n2ccnc2CC)C1. The highest BCUT2D eigenvalue weighted by Gasteiger charge is 2.41. The number of nitrogens with one attached hydrogen (secondary N) is 1. The molecule has 1 amide bonds. The van der Waals surface area contributed by atoms with Gasteiger partial charge >= 0.3 is 0 Å². The molecule has 5 nitrogen and oxygen atoms in total. The van der Waals surface area contributed by atoms with Gasteiger partial charge in [0.1, 0.15) is 5.82 Å². The molecule has 5 heteroatoms. The molecule has 0 aliphatic heterocycles. The summed E-state index contributed by atoms with van der Waals surface area (Å²) in [4.78, 5) is 16.2. The van der Waals surface area contributed by atoms with E-state index >= 15 is 0 Å². The van der Waals surface area contributed by atoms with Gasteiger partial charge in [0.25, 0.3) is 0 Å². The van der Waals surface area contributed by atoms with Gasteiger partial charge in [0.2, 0.25) is 5.91 Å². The summed E-state index contributed by atoms with van der Waals surface area (Å²) >= 11 is 0. The molecule has 0 bridgehead atoms. The van der Waals surface area contributed by atoms with Crippen molar-refractivity contribution < 1.29 is 4.79 Å². The molecular formula is C14H24N4O. The number of hydrogen-bond acceptors (Lipinski definition) is 3. The van der Waals surface area contributed by atoms with E-state index in [1.807, 2.05) is 19.3 Å². The zero-order valence-electron chi connectivity index (χ0n) is 11.9. The Bertz CT molecular complexity index is 438. The molecule has 2 atom stereocenters. The first kappa shape index (κ1) is 14.1. The maximum Gasteiger partial charge on any atom is 0.237 e. The highest BCUT2D eigenvalue weighted by Crippen LogP contribution is 2.36. The summed E-state index contributed by atoms with van der Waals surface area (Å²) in [6, 6.07) is 0.317. The van der Waals surface area contributed by atoms with Gasteiger partial charge in [-0.25, -0.2) is 4.98 Å². The van der Waals surface area contributed by atoms with Crippen LogP contribution in [-0.4, -0.2) is 27.5 Å². The summed E-state index contributed by atoms with van der Waals surface area (Å²) in [6.07, 6.45) is 8.47. The number of imidazole rings is 1. The first-order valence-corrected chi connectivity index (χ1v) is 7.19. The van der Waals surface area contributed by atoms with Crippen LogP contribution in [0.5, 0.6) is 0 Å². The lowest BCUT2D eigenvalue weighted by Crippen LogP contribution is -2.57. The van der Waals surface area contributed by atoms with E-state index in [2.05, 4.69) is 21.8 Å². The number of aryl methyl sites for hydroxylation is 1. The lowest BCUT2D eigenvalue weighted by atomic mass is 9.78. The lowest BCUT2D eigenvalue weighted by molar-refractivity contribution is -0.126. The van der Waals surface area contributed by atoms with Crippen LogP contribution in [0.15, 0.2) is 12.4 Å². The molecular weight excluding hydrogens is 240 g/mol. The van der Waals surface area contributed by atoms with Crippen LogP contribution in [0.1, 0.15) is 51.4 Å². The molecule has 106 valence electrons. The summed E-state index contributed by atoms with van der Waals surface area (Å²) in [5, 5.41) is 3.32. The molecule has 1 aliphatic carbocycles. The van der Waals surface area contributed by atoms with Gasteiger partial charge in [-0.2, -0.15) is 0 Å². The predicted molar refractivity (Wildman–Crippen MR) is 74.7 cm³/mol. The topological polar surface area (TPSA) is 72.9 Å². The van der Waals surface area contributed by atoms with Gasteiger partial charge in [0, 0.05) is 24.9 Å². The summed E-state index contributed by atoms with van der Waals surface area (Å²) in [5.74, 6) is 0.860. The third kappa shape index (κ3) is 2.66. The highest BCUT2D eigenvalue weighted by molar-refractivity contribution is 5.84. The molecule has 2 rings (SSSR count). The molecule has 1 fully saturated rings. The Balaban J connectivity index is 2.22. The zero-order valence-corrected chi connectivity index (χ0v) is 11.9. The van der Waals surface area contributed by atoms with Crippen molar-refractivity contribution in [3.63, 3.8) is 0 Å². The fraction of sp³-hybridized carbons (Fsp3) is 0.714. The van der Waals surface area contributed by atoms with Gasteiger partial charge < -0.3 is 15.6 Å². The van der Waals surface area contributed by atoms with Crippen molar-refractivity contribution in [2.75, 3.05) is 6.54 Å². The molecule has 0 saturated heterocycles.